The molecule has 1 aromatic heterocycles. The lowest BCUT2D eigenvalue weighted by Gasteiger charge is -2.17. The number of esters is 1. The standard InChI is InChI=1S/C9H15N5O2/c1-3-16-8(15)5-14(2)7-4-6(10)12-9(11)13-7/h4H,3,5H2,1-2H3,(H4,10,11,12,13). The number of hydrogen-bond acceptors (Lipinski definition) is 7. The molecule has 0 fully saturated rings. The molecule has 0 radical (unpaired) electrons. The van der Waals surface area contributed by atoms with Gasteiger partial charge in [-0.3, -0.25) is 4.79 Å². The van der Waals surface area contributed by atoms with Gasteiger partial charge in [-0.15, -0.1) is 0 Å². The average molecular weight is 225 g/mol. The summed E-state index contributed by atoms with van der Waals surface area (Å²) in [6.45, 7) is 2.18. The van der Waals surface area contributed by atoms with E-state index in [1.807, 2.05) is 0 Å². The molecule has 1 aromatic rings. The number of carbonyl (C=O) groups is 1. The van der Waals surface area contributed by atoms with Crippen LogP contribution in [0.3, 0.4) is 0 Å². The smallest absolute Gasteiger partial charge is 0.325 e. The summed E-state index contributed by atoms with van der Waals surface area (Å²) in [6, 6.07) is 1.54. The van der Waals surface area contributed by atoms with Crippen LogP contribution in [-0.2, 0) is 9.53 Å². The maximum atomic E-state index is 11.2. The van der Waals surface area contributed by atoms with Gasteiger partial charge in [-0.25, -0.2) is 0 Å². The topological polar surface area (TPSA) is 107 Å². The first-order valence-corrected chi connectivity index (χ1v) is 4.79. The average Bonchev–Trinajstić information content (AvgIpc) is 2.16. The first-order valence-electron chi connectivity index (χ1n) is 4.79. The van der Waals surface area contributed by atoms with Crippen molar-refractivity contribution in [2.45, 2.75) is 6.92 Å². The fraction of sp³-hybridized carbons (Fsp3) is 0.444. The number of nitrogen functional groups attached to an aromatic ring is 2. The number of likely N-dealkylation sites (N-methyl/N-ethyl adjacent to an activating group) is 1. The number of rotatable bonds is 4. The van der Waals surface area contributed by atoms with Gasteiger partial charge < -0.3 is 21.1 Å². The maximum absolute atomic E-state index is 11.2. The van der Waals surface area contributed by atoms with E-state index < -0.39 is 0 Å². The van der Waals surface area contributed by atoms with Crippen molar-refractivity contribution in [3.8, 4) is 0 Å². The molecule has 0 saturated heterocycles. The number of aromatic nitrogens is 2. The van der Waals surface area contributed by atoms with E-state index in [2.05, 4.69) is 9.97 Å². The Morgan fingerprint density at radius 2 is 2.19 bits per heavy atom. The van der Waals surface area contributed by atoms with Crippen LogP contribution in [-0.4, -0.2) is 36.1 Å². The minimum Gasteiger partial charge on any atom is -0.465 e. The minimum absolute atomic E-state index is 0.0747. The number of ether oxygens (including phenoxy) is 1. The van der Waals surface area contributed by atoms with E-state index in [0.29, 0.717) is 12.4 Å². The van der Waals surface area contributed by atoms with E-state index in [-0.39, 0.29) is 24.3 Å². The second-order valence-corrected chi connectivity index (χ2v) is 3.17. The van der Waals surface area contributed by atoms with Crippen molar-refractivity contribution in [3.05, 3.63) is 6.07 Å². The van der Waals surface area contributed by atoms with E-state index in [0.717, 1.165) is 0 Å². The summed E-state index contributed by atoms with van der Waals surface area (Å²) in [5, 5.41) is 0. The Bertz CT molecular complexity index is 362. The molecule has 0 spiro atoms. The molecule has 0 atom stereocenters. The van der Waals surface area contributed by atoms with E-state index in [4.69, 9.17) is 16.2 Å². The van der Waals surface area contributed by atoms with E-state index in [9.17, 15) is 4.79 Å². The summed E-state index contributed by atoms with van der Waals surface area (Å²) in [5.74, 6) is 0.489. The van der Waals surface area contributed by atoms with Crippen molar-refractivity contribution in [3.63, 3.8) is 0 Å². The van der Waals surface area contributed by atoms with Gasteiger partial charge in [-0.2, -0.15) is 9.97 Å². The molecule has 0 aliphatic carbocycles. The van der Waals surface area contributed by atoms with Crippen LogP contribution in [0.25, 0.3) is 0 Å². The van der Waals surface area contributed by atoms with E-state index in [1.165, 1.54) is 6.07 Å². The molecule has 7 heteroatoms. The van der Waals surface area contributed by atoms with Gasteiger partial charge >= 0.3 is 5.97 Å². The highest BCUT2D eigenvalue weighted by Crippen LogP contribution is 2.13. The third-order valence-electron chi connectivity index (χ3n) is 1.81. The van der Waals surface area contributed by atoms with Crippen LogP contribution in [0.2, 0.25) is 0 Å². The van der Waals surface area contributed by atoms with Crippen LogP contribution in [0.1, 0.15) is 6.92 Å². The molecule has 88 valence electrons. The van der Waals surface area contributed by atoms with Gasteiger partial charge in [0.2, 0.25) is 5.95 Å². The fourth-order valence-electron chi connectivity index (χ4n) is 1.15. The quantitative estimate of drug-likeness (QED) is 0.673. The Morgan fingerprint density at radius 3 is 2.75 bits per heavy atom. The molecule has 0 aromatic carbocycles. The molecule has 7 nitrogen and oxygen atoms in total. The number of anilines is 3. The zero-order valence-electron chi connectivity index (χ0n) is 9.30. The highest BCUT2D eigenvalue weighted by Gasteiger charge is 2.10. The summed E-state index contributed by atoms with van der Waals surface area (Å²) in [7, 11) is 1.69. The Hall–Kier alpha value is -2.05. The Labute approximate surface area is 93.4 Å². The predicted molar refractivity (Wildman–Crippen MR) is 60.8 cm³/mol. The number of nitrogens with zero attached hydrogens (tertiary/aromatic N) is 3. The lowest BCUT2D eigenvalue weighted by atomic mass is 10.4. The summed E-state index contributed by atoms with van der Waals surface area (Å²) in [4.78, 5) is 20.5. The van der Waals surface area contributed by atoms with Crippen LogP contribution in [0.15, 0.2) is 6.07 Å². The van der Waals surface area contributed by atoms with Gasteiger partial charge in [0, 0.05) is 13.1 Å². The molecule has 0 aliphatic rings. The molecule has 0 bridgehead atoms. The van der Waals surface area contributed by atoms with E-state index >= 15 is 0 Å². The highest BCUT2D eigenvalue weighted by molar-refractivity contribution is 5.75. The molecule has 1 heterocycles. The minimum atomic E-state index is -0.333. The Kier molecular flexibility index (Phi) is 3.87. The van der Waals surface area contributed by atoms with Crippen molar-refractivity contribution in [1.82, 2.24) is 9.97 Å². The van der Waals surface area contributed by atoms with Gasteiger partial charge in [0.1, 0.15) is 18.2 Å². The summed E-state index contributed by atoms with van der Waals surface area (Å²) >= 11 is 0. The largest absolute Gasteiger partial charge is 0.465 e. The van der Waals surface area contributed by atoms with Crippen molar-refractivity contribution in [2.75, 3.05) is 36.6 Å². The molecule has 0 saturated carbocycles. The molecule has 1 rings (SSSR count). The highest BCUT2D eigenvalue weighted by atomic mass is 16.5. The Balaban J connectivity index is 2.72. The first-order chi connectivity index (χ1) is 7.52. The van der Waals surface area contributed by atoms with Gasteiger partial charge in [0.15, 0.2) is 0 Å². The first kappa shape index (κ1) is 12.0. The zero-order valence-corrected chi connectivity index (χ0v) is 9.30. The summed E-state index contributed by atoms with van der Waals surface area (Å²) < 4.78 is 4.81. The van der Waals surface area contributed by atoms with Crippen molar-refractivity contribution >= 4 is 23.6 Å². The van der Waals surface area contributed by atoms with Crippen molar-refractivity contribution in [2.24, 2.45) is 0 Å². The van der Waals surface area contributed by atoms with Crippen LogP contribution >= 0.6 is 0 Å². The number of carbonyl (C=O) groups excluding carboxylic acids is 1. The number of nitrogens with two attached hydrogens (primary N) is 2. The van der Waals surface area contributed by atoms with E-state index in [1.54, 1.807) is 18.9 Å². The third kappa shape index (κ3) is 3.26. The van der Waals surface area contributed by atoms with Gasteiger partial charge in [0.05, 0.1) is 6.61 Å². The summed E-state index contributed by atoms with van der Waals surface area (Å²) in [6.07, 6.45) is 0. The molecule has 0 unspecified atom stereocenters. The van der Waals surface area contributed by atoms with Crippen molar-refractivity contribution < 1.29 is 9.53 Å². The monoisotopic (exact) mass is 225 g/mol. The molecule has 4 N–H and O–H groups in total. The van der Waals surface area contributed by atoms with Crippen LogP contribution in [0.4, 0.5) is 17.6 Å². The second kappa shape index (κ2) is 5.15. The van der Waals surface area contributed by atoms with Gasteiger partial charge in [-0.05, 0) is 6.92 Å². The maximum Gasteiger partial charge on any atom is 0.325 e. The lowest BCUT2D eigenvalue weighted by Crippen LogP contribution is -2.28. The predicted octanol–water partition coefficient (Wildman–Crippen LogP) is -0.360. The zero-order chi connectivity index (χ0) is 12.1. The third-order valence-corrected chi connectivity index (χ3v) is 1.81. The van der Waals surface area contributed by atoms with Crippen LogP contribution in [0, 0.1) is 0 Å². The second-order valence-electron chi connectivity index (χ2n) is 3.17. The van der Waals surface area contributed by atoms with Gasteiger partial charge in [-0.1, -0.05) is 0 Å². The van der Waals surface area contributed by atoms with Crippen LogP contribution < -0.4 is 16.4 Å². The SMILES string of the molecule is CCOC(=O)CN(C)c1cc(N)nc(N)n1. The Morgan fingerprint density at radius 1 is 1.50 bits per heavy atom. The summed E-state index contributed by atoms with van der Waals surface area (Å²) in [5.41, 5.74) is 11.0. The molecular formula is C9H15N5O2. The lowest BCUT2D eigenvalue weighted by molar-refractivity contribution is -0.141. The van der Waals surface area contributed by atoms with Gasteiger partial charge in [0.25, 0.3) is 0 Å². The fourth-order valence-corrected chi connectivity index (χ4v) is 1.15. The molecule has 0 amide bonds. The molecule has 16 heavy (non-hydrogen) atoms. The van der Waals surface area contributed by atoms with Crippen LogP contribution in [0.5, 0.6) is 0 Å². The normalized spacial score (nSPS) is 9.88. The molecule has 0 aliphatic heterocycles. The van der Waals surface area contributed by atoms with Crippen molar-refractivity contribution in [1.29, 1.82) is 0 Å². The molecular weight excluding hydrogens is 210 g/mol. The number of hydrogen-bond donors (Lipinski definition) is 2.